The van der Waals surface area contributed by atoms with Crippen molar-refractivity contribution in [2.75, 3.05) is 26.8 Å². The van der Waals surface area contributed by atoms with Crippen molar-refractivity contribution in [1.29, 1.82) is 0 Å². The molecule has 1 N–H and O–H groups in total. The number of amides is 1. The second kappa shape index (κ2) is 7.44. The number of benzene rings is 2. The highest BCUT2D eigenvalue weighted by Gasteiger charge is 2.27. The zero-order chi connectivity index (χ0) is 19.7. The van der Waals surface area contributed by atoms with Gasteiger partial charge in [0.2, 0.25) is 0 Å². The number of aryl methyl sites for hydroxylation is 1. The van der Waals surface area contributed by atoms with Crippen LogP contribution in [0.2, 0.25) is 0 Å². The molecular weight excluding hydrogens is 358 g/mol. The van der Waals surface area contributed by atoms with E-state index in [9.17, 15) is 9.59 Å². The molecule has 0 saturated carbocycles. The van der Waals surface area contributed by atoms with Gasteiger partial charge in [-0.25, -0.2) is 4.98 Å². The highest BCUT2D eigenvalue weighted by atomic mass is 16.5. The maximum Gasteiger partial charge on any atom is 0.263 e. The average Bonchev–Trinajstić information content (AvgIpc) is 2.72. The summed E-state index contributed by atoms with van der Waals surface area (Å²) in [6.45, 7) is 2.91. The number of aromatic amines is 1. The summed E-state index contributed by atoms with van der Waals surface area (Å²) in [6.07, 6.45) is 1.09. The van der Waals surface area contributed by atoms with E-state index in [2.05, 4.69) is 16.0 Å². The molecule has 7 heteroatoms. The Kier molecular flexibility index (Phi) is 4.83. The summed E-state index contributed by atoms with van der Waals surface area (Å²) in [4.78, 5) is 33.1. The maximum atomic E-state index is 12.8. The number of carbonyl (C=O) groups excluding carboxylic acids is 1. The van der Waals surface area contributed by atoms with Crippen molar-refractivity contribution in [1.82, 2.24) is 14.9 Å². The molecule has 4 rings (SSSR count). The number of fused-ring (bicyclic) bond motifs is 1. The monoisotopic (exact) mass is 379 g/mol. The third-order valence-corrected chi connectivity index (χ3v) is 4.95. The van der Waals surface area contributed by atoms with Crippen LogP contribution in [-0.4, -0.2) is 47.6 Å². The van der Waals surface area contributed by atoms with Gasteiger partial charge >= 0.3 is 0 Å². The van der Waals surface area contributed by atoms with Crippen LogP contribution in [0.5, 0.6) is 5.75 Å². The number of ether oxygens (including phenoxy) is 2. The first kappa shape index (κ1) is 18.2. The molecule has 0 unspecified atom stereocenters. The molecule has 1 fully saturated rings. The Hall–Kier alpha value is -3.19. The summed E-state index contributed by atoms with van der Waals surface area (Å²) in [5.41, 5.74) is 0.628. The lowest BCUT2D eigenvalue weighted by atomic mass is 10.0. The third-order valence-electron chi connectivity index (χ3n) is 4.95. The molecule has 1 saturated heterocycles. The molecule has 0 bridgehead atoms. The van der Waals surface area contributed by atoms with E-state index in [0.29, 0.717) is 25.5 Å². The van der Waals surface area contributed by atoms with Crippen molar-refractivity contribution >= 4 is 16.7 Å². The topological polar surface area (TPSA) is 84.5 Å². The van der Waals surface area contributed by atoms with E-state index in [4.69, 9.17) is 9.47 Å². The minimum atomic E-state index is -0.416. The van der Waals surface area contributed by atoms with E-state index in [1.165, 1.54) is 6.20 Å². The van der Waals surface area contributed by atoms with Crippen LogP contribution in [0.4, 0.5) is 0 Å². The normalized spacial score (nSPS) is 16.9. The van der Waals surface area contributed by atoms with Crippen molar-refractivity contribution < 1.29 is 14.3 Å². The fraction of sp³-hybridized carbons (Fsp3) is 0.286. The molecule has 1 atom stereocenters. The predicted molar refractivity (Wildman–Crippen MR) is 105 cm³/mol. The van der Waals surface area contributed by atoms with Crippen LogP contribution in [0.25, 0.3) is 10.8 Å². The number of nitrogens with one attached hydrogen (secondary N) is 1. The number of aromatic nitrogens is 2. The Labute approximate surface area is 161 Å². The van der Waals surface area contributed by atoms with Crippen LogP contribution in [0.3, 0.4) is 0 Å². The Bertz CT molecular complexity index is 1090. The maximum absolute atomic E-state index is 12.8. The molecule has 28 heavy (non-hydrogen) atoms. The smallest absolute Gasteiger partial charge is 0.263 e. The van der Waals surface area contributed by atoms with Crippen LogP contribution >= 0.6 is 0 Å². The van der Waals surface area contributed by atoms with E-state index in [1.807, 2.05) is 30.3 Å². The molecule has 3 aromatic rings. The number of morpholine rings is 1. The molecule has 0 aliphatic carbocycles. The van der Waals surface area contributed by atoms with Crippen LogP contribution < -0.4 is 10.3 Å². The van der Waals surface area contributed by atoms with Crippen LogP contribution in [0.15, 0.2) is 47.4 Å². The molecule has 1 aromatic heterocycles. The van der Waals surface area contributed by atoms with Gasteiger partial charge in [0.1, 0.15) is 23.2 Å². The highest BCUT2D eigenvalue weighted by Crippen LogP contribution is 2.28. The Morgan fingerprint density at radius 1 is 1.25 bits per heavy atom. The molecule has 1 aliphatic heterocycles. The van der Waals surface area contributed by atoms with Crippen LogP contribution in [0.1, 0.15) is 27.8 Å². The molecule has 1 amide bonds. The molecule has 2 aromatic carbocycles. The van der Waals surface area contributed by atoms with Gasteiger partial charge < -0.3 is 19.4 Å². The van der Waals surface area contributed by atoms with Gasteiger partial charge in [0.15, 0.2) is 0 Å². The largest absolute Gasteiger partial charge is 0.497 e. The zero-order valence-electron chi connectivity index (χ0n) is 15.8. The molecule has 2 heterocycles. The number of rotatable bonds is 3. The summed E-state index contributed by atoms with van der Waals surface area (Å²) in [7, 11) is 1.64. The Morgan fingerprint density at radius 3 is 2.82 bits per heavy atom. The highest BCUT2D eigenvalue weighted by molar-refractivity contribution is 5.93. The van der Waals surface area contributed by atoms with Crippen molar-refractivity contribution in [3.8, 4) is 5.75 Å². The molecule has 0 spiro atoms. The lowest BCUT2D eigenvalue weighted by Gasteiger charge is -2.33. The first-order valence-electron chi connectivity index (χ1n) is 9.09. The summed E-state index contributed by atoms with van der Waals surface area (Å²) < 4.78 is 11.2. The first-order chi connectivity index (χ1) is 13.5. The molecule has 7 nitrogen and oxygen atoms in total. The number of hydrogen-bond donors (Lipinski definition) is 1. The minimum Gasteiger partial charge on any atom is -0.497 e. The Balaban J connectivity index is 1.57. The fourth-order valence-corrected chi connectivity index (χ4v) is 3.41. The Morgan fingerprint density at radius 2 is 2.04 bits per heavy atom. The number of H-pyrrole nitrogens is 1. The number of methoxy groups -OCH3 is 1. The standard InChI is InChI=1S/C21H21N3O4/c1-13-22-11-18(20(25)23-13)21(26)24-7-8-28-19(12-24)16-4-3-15-10-17(27-2)6-5-14(15)9-16/h3-6,9-11,19H,7-8,12H2,1-2H3,(H,22,23,25)/t19-/m0/s1. The van der Waals surface area contributed by atoms with Gasteiger partial charge in [0.25, 0.3) is 11.5 Å². The van der Waals surface area contributed by atoms with Crippen molar-refractivity contribution in [3.05, 3.63) is 69.9 Å². The van der Waals surface area contributed by atoms with E-state index < -0.39 is 5.56 Å². The van der Waals surface area contributed by atoms with E-state index in [1.54, 1.807) is 18.9 Å². The summed E-state index contributed by atoms with van der Waals surface area (Å²) in [5.74, 6) is 0.963. The SMILES string of the molecule is COc1ccc2cc([C@@H]3CN(C(=O)c4cnc(C)[nH]c4=O)CCO3)ccc2c1. The van der Waals surface area contributed by atoms with Crippen molar-refractivity contribution in [2.45, 2.75) is 13.0 Å². The minimum absolute atomic E-state index is 0.0526. The number of nitrogens with zero attached hydrogens (tertiary/aromatic N) is 2. The lowest BCUT2D eigenvalue weighted by molar-refractivity contribution is -0.0228. The van der Waals surface area contributed by atoms with E-state index in [-0.39, 0.29) is 17.6 Å². The summed E-state index contributed by atoms with van der Waals surface area (Å²) >= 11 is 0. The molecule has 1 aliphatic rings. The van der Waals surface area contributed by atoms with Gasteiger partial charge in [-0.3, -0.25) is 9.59 Å². The first-order valence-corrected chi connectivity index (χ1v) is 9.09. The number of hydrogen-bond acceptors (Lipinski definition) is 5. The average molecular weight is 379 g/mol. The van der Waals surface area contributed by atoms with E-state index >= 15 is 0 Å². The fourth-order valence-electron chi connectivity index (χ4n) is 3.41. The van der Waals surface area contributed by atoms with Gasteiger partial charge in [0.05, 0.1) is 20.3 Å². The molecule has 144 valence electrons. The van der Waals surface area contributed by atoms with Gasteiger partial charge in [-0.1, -0.05) is 18.2 Å². The van der Waals surface area contributed by atoms with Gasteiger partial charge in [0, 0.05) is 12.7 Å². The van der Waals surface area contributed by atoms with Crippen LogP contribution in [0, 0.1) is 6.92 Å². The third kappa shape index (κ3) is 3.48. The summed E-state index contributed by atoms with van der Waals surface area (Å²) in [5, 5.41) is 2.15. The van der Waals surface area contributed by atoms with Crippen molar-refractivity contribution in [2.24, 2.45) is 0 Å². The quantitative estimate of drug-likeness (QED) is 0.756. The molecular formula is C21H21N3O4. The molecule has 0 radical (unpaired) electrons. The summed E-state index contributed by atoms with van der Waals surface area (Å²) in [6, 6.07) is 12.0. The van der Waals surface area contributed by atoms with Crippen LogP contribution in [-0.2, 0) is 4.74 Å². The van der Waals surface area contributed by atoms with Crippen molar-refractivity contribution in [3.63, 3.8) is 0 Å². The zero-order valence-corrected chi connectivity index (χ0v) is 15.8. The lowest BCUT2D eigenvalue weighted by Crippen LogP contribution is -2.44. The van der Waals surface area contributed by atoms with Gasteiger partial charge in [-0.15, -0.1) is 0 Å². The van der Waals surface area contributed by atoms with E-state index in [0.717, 1.165) is 22.1 Å². The second-order valence-corrected chi connectivity index (χ2v) is 6.79. The van der Waals surface area contributed by atoms with Gasteiger partial charge in [-0.05, 0) is 41.5 Å². The number of carbonyl (C=O) groups is 1. The predicted octanol–water partition coefficient (Wildman–Crippen LogP) is 2.45. The second-order valence-electron chi connectivity index (χ2n) is 6.79. The van der Waals surface area contributed by atoms with Gasteiger partial charge in [-0.2, -0.15) is 0 Å².